The first-order valence-electron chi connectivity index (χ1n) is 9.32. The zero-order valence-corrected chi connectivity index (χ0v) is 17.2. The largest absolute Gasteiger partial charge is 0.372 e. The summed E-state index contributed by atoms with van der Waals surface area (Å²) in [6, 6.07) is 11.9. The minimum absolute atomic E-state index is 0.155. The van der Waals surface area contributed by atoms with Gasteiger partial charge in [-0.2, -0.15) is 0 Å². The third kappa shape index (κ3) is 3.72. The van der Waals surface area contributed by atoms with Gasteiger partial charge < -0.3 is 10.2 Å². The van der Waals surface area contributed by atoms with Crippen LogP contribution in [0.4, 0.5) is 11.4 Å². The summed E-state index contributed by atoms with van der Waals surface area (Å²) < 4.78 is 2.72. The molecule has 1 amide bonds. The topological polar surface area (TPSA) is 49.6 Å². The van der Waals surface area contributed by atoms with Crippen molar-refractivity contribution in [2.24, 2.45) is 5.92 Å². The molecular formula is C21H23BrN4O. The molecule has 1 saturated heterocycles. The number of hydrogen-bond donors (Lipinski definition) is 1. The second kappa shape index (κ2) is 7.35. The fourth-order valence-corrected chi connectivity index (χ4v) is 3.96. The van der Waals surface area contributed by atoms with Gasteiger partial charge in [0.2, 0.25) is 0 Å². The van der Waals surface area contributed by atoms with Crippen LogP contribution in [0.3, 0.4) is 0 Å². The van der Waals surface area contributed by atoms with E-state index in [0.29, 0.717) is 11.4 Å². The Balaban J connectivity index is 1.52. The monoisotopic (exact) mass is 426 g/mol. The number of nitrogens with one attached hydrogen (secondary N) is 1. The number of halogens is 1. The highest BCUT2D eigenvalue weighted by Gasteiger charge is 2.18. The SMILES string of the molecule is Cc1nc2ccc(Br)cn2c1C(=O)Nc1ccc(N2CCC(C)CC2)cc1. The van der Waals surface area contributed by atoms with Gasteiger partial charge in [-0.25, -0.2) is 4.98 Å². The van der Waals surface area contributed by atoms with Crippen LogP contribution >= 0.6 is 15.9 Å². The highest BCUT2D eigenvalue weighted by molar-refractivity contribution is 9.10. The molecule has 140 valence electrons. The van der Waals surface area contributed by atoms with Crippen molar-refractivity contribution in [3.05, 3.63) is 58.5 Å². The van der Waals surface area contributed by atoms with Gasteiger partial charge in [-0.05, 0) is 78.0 Å². The highest BCUT2D eigenvalue weighted by Crippen LogP contribution is 2.25. The van der Waals surface area contributed by atoms with E-state index in [9.17, 15) is 4.79 Å². The molecule has 0 radical (unpaired) electrons. The van der Waals surface area contributed by atoms with Crippen molar-refractivity contribution in [2.75, 3.05) is 23.3 Å². The number of imidazole rings is 1. The highest BCUT2D eigenvalue weighted by atomic mass is 79.9. The number of anilines is 2. The minimum Gasteiger partial charge on any atom is -0.372 e. The van der Waals surface area contributed by atoms with E-state index >= 15 is 0 Å². The second-order valence-corrected chi connectivity index (χ2v) is 8.21. The van der Waals surface area contributed by atoms with Crippen LogP contribution in [0.1, 0.15) is 35.9 Å². The average molecular weight is 427 g/mol. The molecule has 1 N–H and O–H groups in total. The Morgan fingerprint density at radius 2 is 1.85 bits per heavy atom. The average Bonchev–Trinajstić information content (AvgIpc) is 2.98. The van der Waals surface area contributed by atoms with Crippen molar-refractivity contribution in [3.63, 3.8) is 0 Å². The molecular weight excluding hydrogens is 404 g/mol. The first-order chi connectivity index (χ1) is 13.0. The van der Waals surface area contributed by atoms with Crippen LogP contribution in [0.2, 0.25) is 0 Å². The molecule has 0 saturated carbocycles. The fraction of sp³-hybridized carbons (Fsp3) is 0.333. The molecule has 0 unspecified atom stereocenters. The van der Waals surface area contributed by atoms with Gasteiger partial charge >= 0.3 is 0 Å². The summed E-state index contributed by atoms with van der Waals surface area (Å²) in [6.45, 7) is 6.37. The molecule has 3 heterocycles. The third-order valence-electron chi connectivity index (χ3n) is 5.25. The summed E-state index contributed by atoms with van der Waals surface area (Å²) >= 11 is 3.46. The second-order valence-electron chi connectivity index (χ2n) is 7.29. The van der Waals surface area contributed by atoms with Crippen LogP contribution in [0.25, 0.3) is 5.65 Å². The fourth-order valence-electron chi connectivity index (χ4n) is 3.62. The number of aryl methyl sites for hydroxylation is 1. The summed E-state index contributed by atoms with van der Waals surface area (Å²) in [5.41, 5.74) is 4.04. The Morgan fingerprint density at radius 1 is 1.15 bits per heavy atom. The van der Waals surface area contributed by atoms with Crippen LogP contribution in [-0.4, -0.2) is 28.4 Å². The lowest BCUT2D eigenvalue weighted by atomic mass is 9.99. The first-order valence-corrected chi connectivity index (χ1v) is 10.1. The Bertz CT molecular complexity index is 972. The standard InChI is InChI=1S/C21H23BrN4O/c1-14-9-11-25(12-10-14)18-6-4-17(5-7-18)24-21(27)20-15(2)23-19-8-3-16(22)13-26(19)20/h3-8,13-14H,9-12H2,1-2H3,(H,24,27). The first kappa shape index (κ1) is 18.0. The molecule has 0 atom stereocenters. The van der Waals surface area contributed by atoms with E-state index in [-0.39, 0.29) is 5.91 Å². The van der Waals surface area contributed by atoms with Crippen LogP contribution in [-0.2, 0) is 0 Å². The number of fused-ring (bicyclic) bond motifs is 1. The number of piperidine rings is 1. The van der Waals surface area contributed by atoms with Crippen LogP contribution in [0.5, 0.6) is 0 Å². The molecule has 4 rings (SSSR count). The quantitative estimate of drug-likeness (QED) is 0.647. The number of rotatable bonds is 3. The van der Waals surface area contributed by atoms with E-state index in [2.05, 4.69) is 50.2 Å². The van der Waals surface area contributed by atoms with E-state index in [1.54, 1.807) is 0 Å². The molecule has 1 aromatic carbocycles. The number of carbonyl (C=O) groups excluding carboxylic acids is 1. The van der Waals surface area contributed by atoms with Crippen molar-refractivity contribution in [3.8, 4) is 0 Å². The number of amides is 1. The minimum atomic E-state index is -0.155. The van der Waals surface area contributed by atoms with Crippen molar-refractivity contribution < 1.29 is 4.79 Å². The third-order valence-corrected chi connectivity index (χ3v) is 5.71. The van der Waals surface area contributed by atoms with Crippen LogP contribution < -0.4 is 10.2 Å². The summed E-state index contributed by atoms with van der Waals surface area (Å²) in [5.74, 6) is 0.659. The maximum absolute atomic E-state index is 12.8. The molecule has 2 aromatic heterocycles. The Morgan fingerprint density at radius 3 is 2.56 bits per heavy atom. The zero-order chi connectivity index (χ0) is 19.0. The van der Waals surface area contributed by atoms with Crippen molar-refractivity contribution in [1.29, 1.82) is 0 Å². The molecule has 6 heteroatoms. The van der Waals surface area contributed by atoms with Gasteiger partial charge in [0.15, 0.2) is 0 Å². The predicted octanol–water partition coefficient (Wildman–Crippen LogP) is 4.89. The Kier molecular flexibility index (Phi) is 4.91. The molecule has 27 heavy (non-hydrogen) atoms. The number of aromatic nitrogens is 2. The lowest BCUT2D eigenvalue weighted by Crippen LogP contribution is -2.32. The molecule has 0 bridgehead atoms. The van der Waals surface area contributed by atoms with Crippen molar-refractivity contribution in [1.82, 2.24) is 9.38 Å². The maximum Gasteiger partial charge on any atom is 0.274 e. The van der Waals surface area contributed by atoms with Crippen molar-refractivity contribution >= 4 is 38.9 Å². The zero-order valence-electron chi connectivity index (χ0n) is 15.6. The van der Waals surface area contributed by atoms with Gasteiger partial charge in [0.05, 0.1) is 5.69 Å². The van der Waals surface area contributed by atoms with Crippen LogP contribution in [0, 0.1) is 12.8 Å². The molecule has 1 aliphatic rings. The molecule has 1 fully saturated rings. The summed E-state index contributed by atoms with van der Waals surface area (Å²) in [6.07, 6.45) is 4.34. The number of carbonyl (C=O) groups is 1. The van der Waals surface area contributed by atoms with Gasteiger partial charge in [0, 0.05) is 35.1 Å². The Labute approximate surface area is 167 Å². The summed E-state index contributed by atoms with van der Waals surface area (Å²) in [7, 11) is 0. The van der Waals surface area contributed by atoms with Crippen LogP contribution in [0.15, 0.2) is 47.1 Å². The normalized spacial score (nSPS) is 15.3. The van der Waals surface area contributed by atoms with E-state index in [1.807, 2.05) is 41.8 Å². The number of benzene rings is 1. The molecule has 0 spiro atoms. The predicted molar refractivity (Wildman–Crippen MR) is 113 cm³/mol. The maximum atomic E-state index is 12.8. The van der Waals surface area contributed by atoms with E-state index < -0.39 is 0 Å². The Hall–Kier alpha value is -2.34. The van der Waals surface area contributed by atoms with Gasteiger partial charge in [0.25, 0.3) is 5.91 Å². The van der Waals surface area contributed by atoms with E-state index in [4.69, 9.17) is 0 Å². The van der Waals surface area contributed by atoms with Gasteiger partial charge in [-0.3, -0.25) is 9.20 Å². The smallest absolute Gasteiger partial charge is 0.274 e. The molecule has 0 aliphatic carbocycles. The number of hydrogen-bond acceptors (Lipinski definition) is 3. The number of nitrogens with zero attached hydrogens (tertiary/aromatic N) is 3. The van der Waals surface area contributed by atoms with E-state index in [0.717, 1.165) is 34.8 Å². The van der Waals surface area contributed by atoms with Gasteiger partial charge in [-0.1, -0.05) is 6.92 Å². The molecule has 3 aromatic rings. The lowest BCUT2D eigenvalue weighted by Gasteiger charge is -2.32. The lowest BCUT2D eigenvalue weighted by molar-refractivity contribution is 0.102. The van der Waals surface area contributed by atoms with Gasteiger partial charge in [0.1, 0.15) is 11.3 Å². The summed E-state index contributed by atoms with van der Waals surface area (Å²) in [5, 5.41) is 3.00. The van der Waals surface area contributed by atoms with Gasteiger partial charge in [-0.15, -0.1) is 0 Å². The van der Waals surface area contributed by atoms with E-state index in [1.165, 1.54) is 18.5 Å². The van der Waals surface area contributed by atoms with Crippen molar-refractivity contribution in [2.45, 2.75) is 26.7 Å². The summed E-state index contributed by atoms with van der Waals surface area (Å²) in [4.78, 5) is 19.7. The molecule has 1 aliphatic heterocycles. The molecule has 5 nitrogen and oxygen atoms in total. The number of pyridine rings is 1.